The molecular weight excluding hydrogens is 503 g/mol. The van der Waals surface area contributed by atoms with Gasteiger partial charge in [-0.05, 0) is 56.7 Å². The standard InChI is InChI=1S/C24H38N4O2.HI/c1-6-25-24(28-13-17(2)11-18(3)14-28)26-12-21-7-9-22(10-8-21)23(29)27-15-19(4)30-20(5)16-27;/h7-10,17-20H,6,11-16H2,1-5H3,(H,25,26);1H. The average Bonchev–Trinajstić information content (AvgIpc) is 2.69. The van der Waals surface area contributed by atoms with Crippen molar-refractivity contribution < 1.29 is 9.53 Å². The van der Waals surface area contributed by atoms with Crippen molar-refractivity contribution in [1.82, 2.24) is 15.1 Å². The Balaban J connectivity index is 0.00000341. The van der Waals surface area contributed by atoms with E-state index in [4.69, 9.17) is 9.73 Å². The van der Waals surface area contributed by atoms with Gasteiger partial charge in [0.1, 0.15) is 0 Å². The first-order valence-corrected chi connectivity index (χ1v) is 11.4. The van der Waals surface area contributed by atoms with Crippen LogP contribution < -0.4 is 5.32 Å². The normalized spacial score (nSPS) is 26.9. The van der Waals surface area contributed by atoms with Gasteiger partial charge >= 0.3 is 0 Å². The number of nitrogens with zero attached hydrogens (tertiary/aromatic N) is 3. The number of morpholine rings is 1. The highest BCUT2D eigenvalue weighted by molar-refractivity contribution is 14.0. The third-order valence-corrected chi connectivity index (χ3v) is 5.82. The minimum absolute atomic E-state index is 0. The van der Waals surface area contributed by atoms with Crippen LogP contribution in [0.25, 0.3) is 0 Å². The fourth-order valence-electron chi connectivity index (χ4n) is 4.71. The van der Waals surface area contributed by atoms with Crippen molar-refractivity contribution in [1.29, 1.82) is 0 Å². The molecule has 7 heteroatoms. The summed E-state index contributed by atoms with van der Waals surface area (Å²) in [6, 6.07) is 7.90. The van der Waals surface area contributed by atoms with Crippen molar-refractivity contribution in [2.24, 2.45) is 16.8 Å². The molecular formula is C24H39IN4O2. The molecule has 2 fully saturated rings. The van der Waals surface area contributed by atoms with Gasteiger partial charge in [0.2, 0.25) is 0 Å². The lowest BCUT2D eigenvalue weighted by Gasteiger charge is -2.37. The molecule has 174 valence electrons. The van der Waals surface area contributed by atoms with Crippen molar-refractivity contribution in [3.05, 3.63) is 35.4 Å². The molecule has 2 aliphatic rings. The molecule has 31 heavy (non-hydrogen) atoms. The Kier molecular flexibility index (Phi) is 10.1. The zero-order chi connectivity index (χ0) is 21.7. The summed E-state index contributed by atoms with van der Waals surface area (Å²) in [5, 5.41) is 3.45. The minimum atomic E-state index is 0. The van der Waals surface area contributed by atoms with Crippen LogP contribution in [-0.4, -0.2) is 66.6 Å². The number of aliphatic imine (C=N–C) groups is 1. The molecule has 1 amide bonds. The van der Waals surface area contributed by atoms with Crippen LogP contribution in [0.2, 0.25) is 0 Å². The number of rotatable bonds is 4. The number of ether oxygens (including phenoxy) is 1. The molecule has 0 aromatic heterocycles. The first kappa shape index (κ1) is 25.9. The van der Waals surface area contributed by atoms with E-state index in [0.717, 1.165) is 36.7 Å². The van der Waals surface area contributed by atoms with Crippen LogP contribution in [0.4, 0.5) is 0 Å². The molecule has 4 atom stereocenters. The van der Waals surface area contributed by atoms with E-state index in [-0.39, 0.29) is 42.1 Å². The number of nitrogens with one attached hydrogen (secondary N) is 1. The summed E-state index contributed by atoms with van der Waals surface area (Å²) in [6.45, 7) is 15.7. The summed E-state index contributed by atoms with van der Waals surface area (Å²) in [7, 11) is 0. The lowest BCUT2D eigenvalue weighted by molar-refractivity contribution is -0.0586. The van der Waals surface area contributed by atoms with E-state index in [1.54, 1.807) is 0 Å². The van der Waals surface area contributed by atoms with E-state index in [2.05, 4.69) is 31.0 Å². The van der Waals surface area contributed by atoms with Gasteiger partial charge in [0.05, 0.1) is 18.8 Å². The molecule has 1 aromatic carbocycles. The molecule has 3 rings (SSSR count). The number of likely N-dealkylation sites (tertiary alicyclic amines) is 1. The maximum atomic E-state index is 12.8. The van der Waals surface area contributed by atoms with Gasteiger partial charge in [-0.1, -0.05) is 26.0 Å². The predicted molar refractivity (Wildman–Crippen MR) is 137 cm³/mol. The van der Waals surface area contributed by atoms with Gasteiger partial charge in [0, 0.05) is 38.3 Å². The second kappa shape index (κ2) is 12.0. The summed E-state index contributed by atoms with van der Waals surface area (Å²) in [4.78, 5) is 22.0. The summed E-state index contributed by atoms with van der Waals surface area (Å²) >= 11 is 0. The van der Waals surface area contributed by atoms with Crippen molar-refractivity contribution in [3.8, 4) is 0 Å². The van der Waals surface area contributed by atoms with E-state index >= 15 is 0 Å². The third-order valence-electron chi connectivity index (χ3n) is 5.82. The fraction of sp³-hybridized carbons (Fsp3) is 0.667. The van der Waals surface area contributed by atoms with Crippen LogP contribution in [0.5, 0.6) is 0 Å². The molecule has 2 heterocycles. The molecule has 0 aliphatic carbocycles. The van der Waals surface area contributed by atoms with Crippen LogP contribution in [0, 0.1) is 11.8 Å². The van der Waals surface area contributed by atoms with Gasteiger partial charge in [-0.2, -0.15) is 0 Å². The summed E-state index contributed by atoms with van der Waals surface area (Å²) in [5.41, 5.74) is 1.85. The molecule has 2 aliphatic heterocycles. The monoisotopic (exact) mass is 542 g/mol. The molecule has 1 N–H and O–H groups in total. The molecule has 0 radical (unpaired) electrons. The largest absolute Gasteiger partial charge is 0.372 e. The third kappa shape index (κ3) is 7.34. The molecule has 2 saturated heterocycles. The van der Waals surface area contributed by atoms with Gasteiger partial charge in [0.25, 0.3) is 5.91 Å². The molecule has 0 spiro atoms. The highest BCUT2D eigenvalue weighted by Gasteiger charge is 2.27. The Labute approximate surface area is 204 Å². The number of guanidine groups is 1. The Morgan fingerprint density at radius 3 is 2.13 bits per heavy atom. The number of amides is 1. The van der Waals surface area contributed by atoms with Gasteiger partial charge in [0.15, 0.2) is 5.96 Å². The topological polar surface area (TPSA) is 57.2 Å². The van der Waals surface area contributed by atoms with Crippen LogP contribution in [0.15, 0.2) is 29.3 Å². The minimum Gasteiger partial charge on any atom is -0.372 e. The summed E-state index contributed by atoms with van der Waals surface area (Å²) in [6.07, 6.45) is 1.44. The van der Waals surface area contributed by atoms with Crippen LogP contribution in [-0.2, 0) is 11.3 Å². The van der Waals surface area contributed by atoms with Crippen molar-refractivity contribution in [3.63, 3.8) is 0 Å². The highest BCUT2D eigenvalue weighted by Crippen LogP contribution is 2.21. The van der Waals surface area contributed by atoms with E-state index in [0.29, 0.717) is 31.5 Å². The number of benzene rings is 1. The van der Waals surface area contributed by atoms with E-state index in [1.807, 2.05) is 43.0 Å². The van der Waals surface area contributed by atoms with Crippen LogP contribution in [0.3, 0.4) is 0 Å². The number of carbonyl (C=O) groups is 1. The SMILES string of the molecule is CCNC(=NCc1ccc(C(=O)N2CC(C)OC(C)C2)cc1)N1CC(C)CC(C)C1.I. The van der Waals surface area contributed by atoms with Gasteiger partial charge in [-0.15, -0.1) is 24.0 Å². The second-order valence-corrected chi connectivity index (χ2v) is 9.19. The fourth-order valence-corrected chi connectivity index (χ4v) is 4.71. The lowest BCUT2D eigenvalue weighted by atomic mass is 9.92. The van der Waals surface area contributed by atoms with Gasteiger partial charge in [-0.25, -0.2) is 4.99 Å². The first-order chi connectivity index (χ1) is 14.4. The maximum absolute atomic E-state index is 12.8. The van der Waals surface area contributed by atoms with E-state index in [1.165, 1.54) is 6.42 Å². The van der Waals surface area contributed by atoms with Gasteiger partial charge < -0.3 is 19.9 Å². The molecule has 0 saturated carbocycles. The Hall–Kier alpha value is -1.35. The van der Waals surface area contributed by atoms with E-state index in [9.17, 15) is 4.79 Å². The van der Waals surface area contributed by atoms with Crippen LogP contribution >= 0.6 is 24.0 Å². The first-order valence-electron chi connectivity index (χ1n) is 11.4. The number of halogens is 1. The van der Waals surface area contributed by atoms with Crippen molar-refractivity contribution in [2.75, 3.05) is 32.7 Å². The number of hydrogen-bond acceptors (Lipinski definition) is 3. The lowest BCUT2D eigenvalue weighted by Crippen LogP contribution is -2.48. The predicted octanol–water partition coefficient (Wildman–Crippen LogP) is 4.00. The molecule has 1 aromatic rings. The molecule has 4 unspecified atom stereocenters. The molecule has 0 bridgehead atoms. The number of piperidine rings is 1. The number of carbonyl (C=O) groups excluding carboxylic acids is 1. The smallest absolute Gasteiger partial charge is 0.254 e. The zero-order valence-electron chi connectivity index (χ0n) is 19.6. The highest BCUT2D eigenvalue weighted by atomic mass is 127. The Morgan fingerprint density at radius 2 is 1.58 bits per heavy atom. The summed E-state index contributed by atoms with van der Waals surface area (Å²) in [5.74, 6) is 2.45. The van der Waals surface area contributed by atoms with E-state index < -0.39 is 0 Å². The maximum Gasteiger partial charge on any atom is 0.254 e. The number of hydrogen-bond donors (Lipinski definition) is 1. The average molecular weight is 543 g/mol. The van der Waals surface area contributed by atoms with Gasteiger partial charge in [-0.3, -0.25) is 4.79 Å². The summed E-state index contributed by atoms with van der Waals surface area (Å²) < 4.78 is 5.74. The molecule has 6 nitrogen and oxygen atoms in total. The Morgan fingerprint density at radius 1 is 1.00 bits per heavy atom. The van der Waals surface area contributed by atoms with Crippen LogP contribution in [0.1, 0.15) is 57.0 Å². The zero-order valence-corrected chi connectivity index (χ0v) is 22.0. The Bertz CT molecular complexity index is 720. The van der Waals surface area contributed by atoms with Crippen molar-refractivity contribution in [2.45, 2.75) is 59.8 Å². The quantitative estimate of drug-likeness (QED) is 0.355. The van der Waals surface area contributed by atoms with Crippen molar-refractivity contribution >= 4 is 35.8 Å². The second-order valence-electron chi connectivity index (χ2n) is 9.19.